The van der Waals surface area contributed by atoms with E-state index in [4.69, 9.17) is 0 Å². The molecule has 0 spiro atoms. The molecule has 4 heteroatoms. The van der Waals surface area contributed by atoms with Gasteiger partial charge in [-0.2, -0.15) is 0 Å². The lowest BCUT2D eigenvalue weighted by Gasteiger charge is -2.29. The first kappa shape index (κ1) is 14.5. The molecule has 1 aliphatic rings. The Bertz CT molecular complexity index is 616. The molecule has 112 valence electrons. The number of fused-ring (bicyclic) bond motifs is 1. The highest BCUT2D eigenvalue weighted by atomic mass is 32.1. The van der Waals surface area contributed by atoms with Gasteiger partial charge in [0.05, 0.1) is 6.04 Å². The number of thiophene rings is 1. The van der Waals surface area contributed by atoms with E-state index in [0.29, 0.717) is 0 Å². The summed E-state index contributed by atoms with van der Waals surface area (Å²) in [6.45, 7) is 4.58. The van der Waals surface area contributed by atoms with Crippen LogP contribution in [0.3, 0.4) is 0 Å². The van der Waals surface area contributed by atoms with Crippen LogP contribution in [0.4, 0.5) is 0 Å². The number of nitrogens with one attached hydrogen (secondary N) is 1. The molecular weight excluding hydrogens is 280 g/mol. The zero-order chi connectivity index (χ0) is 14.7. The Morgan fingerprint density at radius 3 is 2.86 bits per heavy atom. The number of carbonyl (C=O) groups excluding carboxylic acids is 1. The van der Waals surface area contributed by atoms with Crippen molar-refractivity contribution in [2.24, 2.45) is 0 Å². The van der Waals surface area contributed by atoms with Crippen LogP contribution in [0.15, 0.2) is 29.6 Å². The van der Waals surface area contributed by atoms with Crippen molar-refractivity contribution in [1.82, 2.24) is 10.2 Å². The fraction of sp³-hybridized carbons (Fsp3) is 0.471. The second-order valence-electron chi connectivity index (χ2n) is 5.75. The maximum Gasteiger partial charge on any atom is 0.239 e. The number of likely N-dealkylation sites (tertiary alicyclic amines) is 1. The largest absolute Gasteiger partial charge is 0.341 e. The van der Waals surface area contributed by atoms with Gasteiger partial charge in [0.1, 0.15) is 0 Å². The summed E-state index contributed by atoms with van der Waals surface area (Å²) in [4.78, 5) is 14.4. The van der Waals surface area contributed by atoms with E-state index >= 15 is 0 Å². The summed E-state index contributed by atoms with van der Waals surface area (Å²) < 4.78 is 1.31. The van der Waals surface area contributed by atoms with Gasteiger partial charge in [-0.3, -0.25) is 4.79 Å². The minimum absolute atomic E-state index is 0.109. The third kappa shape index (κ3) is 3.27. The molecule has 0 bridgehead atoms. The Labute approximate surface area is 130 Å². The molecule has 3 nitrogen and oxygen atoms in total. The maximum atomic E-state index is 12.4. The zero-order valence-electron chi connectivity index (χ0n) is 12.5. The molecule has 0 radical (unpaired) electrons. The van der Waals surface area contributed by atoms with Crippen molar-refractivity contribution in [2.75, 3.05) is 13.1 Å². The number of hydrogen-bond acceptors (Lipinski definition) is 3. The highest BCUT2D eigenvalue weighted by molar-refractivity contribution is 7.17. The van der Waals surface area contributed by atoms with Crippen LogP contribution in [0, 0.1) is 0 Å². The van der Waals surface area contributed by atoms with Gasteiger partial charge in [-0.15, -0.1) is 11.3 Å². The molecule has 2 aromatic rings. The van der Waals surface area contributed by atoms with Crippen LogP contribution in [0.25, 0.3) is 10.1 Å². The Balaban J connectivity index is 1.60. The van der Waals surface area contributed by atoms with Gasteiger partial charge in [0, 0.05) is 24.3 Å². The van der Waals surface area contributed by atoms with Crippen molar-refractivity contribution < 1.29 is 4.79 Å². The van der Waals surface area contributed by atoms with Gasteiger partial charge in [-0.1, -0.05) is 18.2 Å². The lowest BCUT2D eigenvalue weighted by atomic mass is 10.1. The van der Waals surface area contributed by atoms with E-state index in [9.17, 15) is 4.79 Å². The molecule has 1 N–H and O–H groups in total. The molecule has 3 rings (SSSR count). The fourth-order valence-corrected chi connectivity index (χ4v) is 3.87. The van der Waals surface area contributed by atoms with E-state index in [2.05, 4.69) is 35.0 Å². The van der Waals surface area contributed by atoms with E-state index in [1.54, 1.807) is 11.3 Å². The third-order valence-electron chi connectivity index (χ3n) is 4.20. The van der Waals surface area contributed by atoms with E-state index in [-0.39, 0.29) is 11.9 Å². The number of carbonyl (C=O) groups is 1. The molecule has 1 atom stereocenters. The van der Waals surface area contributed by atoms with Crippen LogP contribution in [0.2, 0.25) is 0 Å². The van der Waals surface area contributed by atoms with Crippen molar-refractivity contribution in [3.8, 4) is 0 Å². The maximum absolute atomic E-state index is 12.4. The van der Waals surface area contributed by atoms with Crippen molar-refractivity contribution in [3.05, 3.63) is 35.2 Å². The summed E-state index contributed by atoms with van der Waals surface area (Å²) in [7, 11) is 0. The molecule has 1 aliphatic heterocycles. The van der Waals surface area contributed by atoms with E-state index in [0.717, 1.165) is 32.5 Å². The van der Waals surface area contributed by atoms with E-state index < -0.39 is 0 Å². The molecule has 1 amide bonds. The van der Waals surface area contributed by atoms with Gasteiger partial charge in [0.15, 0.2) is 0 Å². The molecule has 1 aromatic heterocycles. The van der Waals surface area contributed by atoms with Crippen LogP contribution in [-0.2, 0) is 11.3 Å². The van der Waals surface area contributed by atoms with Gasteiger partial charge < -0.3 is 10.2 Å². The van der Waals surface area contributed by atoms with Crippen molar-refractivity contribution in [2.45, 2.75) is 38.8 Å². The SMILES string of the molecule is CC(NCc1csc2ccccc12)C(=O)N1CCCCC1. The Hall–Kier alpha value is -1.39. The monoisotopic (exact) mass is 302 g/mol. The second kappa shape index (κ2) is 6.58. The predicted molar refractivity (Wildman–Crippen MR) is 88.6 cm³/mol. The average Bonchev–Trinajstić information content (AvgIpc) is 2.96. The van der Waals surface area contributed by atoms with Crippen molar-refractivity contribution in [1.29, 1.82) is 0 Å². The molecule has 0 saturated carbocycles. The average molecular weight is 302 g/mol. The number of amides is 1. The van der Waals surface area contributed by atoms with E-state index in [1.807, 2.05) is 11.8 Å². The Kier molecular flexibility index (Phi) is 4.56. The number of piperidine rings is 1. The smallest absolute Gasteiger partial charge is 0.239 e. The van der Waals surface area contributed by atoms with Gasteiger partial charge in [-0.05, 0) is 48.6 Å². The number of benzene rings is 1. The summed E-state index contributed by atoms with van der Waals surface area (Å²) in [6, 6.07) is 8.33. The predicted octanol–water partition coefficient (Wildman–Crippen LogP) is 3.39. The standard InChI is InChI=1S/C17H22N2OS/c1-13(17(20)19-9-5-2-6-10-19)18-11-14-12-21-16-8-4-3-7-15(14)16/h3-4,7-8,12-13,18H,2,5-6,9-11H2,1H3. The van der Waals surface area contributed by atoms with Gasteiger partial charge in [0.2, 0.25) is 5.91 Å². The van der Waals surface area contributed by atoms with Gasteiger partial charge >= 0.3 is 0 Å². The minimum Gasteiger partial charge on any atom is -0.341 e. The van der Waals surface area contributed by atoms with Crippen LogP contribution in [0.5, 0.6) is 0 Å². The highest BCUT2D eigenvalue weighted by Crippen LogP contribution is 2.25. The Morgan fingerprint density at radius 2 is 2.05 bits per heavy atom. The molecule has 1 fully saturated rings. The topological polar surface area (TPSA) is 32.3 Å². The van der Waals surface area contributed by atoms with Crippen LogP contribution in [0.1, 0.15) is 31.7 Å². The quantitative estimate of drug-likeness (QED) is 0.939. The number of rotatable bonds is 4. The summed E-state index contributed by atoms with van der Waals surface area (Å²) >= 11 is 1.77. The first-order valence-corrected chi connectivity index (χ1v) is 8.61. The van der Waals surface area contributed by atoms with Crippen LogP contribution >= 0.6 is 11.3 Å². The zero-order valence-corrected chi connectivity index (χ0v) is 13.3. The normalized spacial score (nSPS) is 17.1. The van der Waals surface area contributed by atoms with Gasteiger partial charge in [-0.25, -0.2) is 0 Å². The molecule has 1 aromatic carbocycles. The van der Waals surface area contributed by atoms with Crippen molar-refractivity contribution in [3.63, 3.8) is 0 Å². The lowest BCUT2D eigenvalue weighted by molar-refractivity contribution is -0.133. The fourth-order valence-electron chi connectivity index (χ4n) is 2.91. The van der Waals surface area contributed by atoms with E-state index in [1.165, 1.54) is 22.1 Å². The minimum atomic E-state index is -0.109. The summed E-state index contributed by atoms with van der Waals surface area (Å²) in [5, 5.41) is 6.88. The summed E-state index contributed by atoms with van der Waals surface area (Å²) in [5.74, 6) is 0.245. The third-order valence-corrected chi connectivity index (χ3v) is 5.21. The molecule has 21 heavy (non-hydrogen) atoms. The van der Waals surface area contributed by atoms with Crippen molar-refractivity contribution >= 4 is 27.3 Å². The molecule has 0 aliphatic carbocycles. The molecular formula is C17H22N2OS. The molecule has 1 saturated heterocycles. The first-order chi connectivity index (χ1) is 10.3. The first-order valence-electron chi connectivity index (χ1n) is 7.73. The molecule has 1 unspecified atom stereocenters. The molecule has 2 heterocycles. The number of nitrogens with zero attached hydrogens (tertiary/aromatic N) is 1. The summed E-state index contributed by atoms with van der Waals surface area (Å²) in [6.07, 6.45) is 3.55. The summed E-state index contributed by atoms with van der Waals surface area (Å²) in [5.41, 5.74) is 1.29. The number of hydrogen-bond donors (Lipinski definition) is 1. The van der Waals surface area contributed by atoms with Crippen LogP contribution in [-0.4, -0.2) is 29.9 Å². The Morgan fingerprint density at radius 1 is 1.29 bits per heavy atom. The van der Waals surface area contributed by atoms with Gasteiger partial charge in [0.25, 0.3) is 0 Å². The lowest BCUT2D eigenvalue weighted by Crippen LogP contribution is -2.46. The second-order valence-corrected chi connectivity index (χ2v) is 6.66. The highest BCUT2D eigenvalue weighted by Gasteiger charge is 2.21. The van der Waals surface area contributed by atoms with Crippen LogP contribution < -0.4 is 5.32 Å².